The van der Waals surface area contributed by atoms with E-state index in [0.29, 0.717) is 18.0 Å². The van der Waals surface area contributed by atoms with E-state index in [1.54, 1.807) is 26.2 Å². The van der Waals surface area contributed by atoms with Gasteiger partial charge in [0.05, 0.1) is 7.11 Å². The molecule has 0 aromatic heterocycles. The van der Waals surface area contributed by atoms with Crippen molar-refractivity contribution in [3.05, 3.63) is 60.2 Å². The van der Waals surface area contributed by atoms with Crippen molar-refractivity contribution in [3.63, 3.8) is 0 Å². The van der Waals surface area contributed by atoms with E-state index in [2.05, 4.69) is 24.4 Å². The van der Waals surface area contributed by atoms with Gasteiger partial charge in [0, 0.05) is 12.6 Å². The van der Waals surface area contributed by atoms with E-state index in [-0.39, 0.29) is 11.8 Å². The quantitative estimate of drug-likeness (QED) is 0.852. The van der Waals surface area contributed by atoms with Gasteiger partial charge in [-0.15, -0.1) is 0 Å². The molecule has 2 aromatic rings. The molecule has 0 heterocycles. The molecule has 0 unspecified atom stereocenters. The number of rotatable bonds is 7. The second kappa shape index (κ2) is 8.22. The van der Waals surface area contributed by atoms with Crippen molar-refractivity contribution in [2.45, 2.75) is 25.9 Å². The van der Waals surface area contributed by atoms with E-state index >= 15 is 0 Å². The van der Waals surface area contributed by atoms with Gasteiger partial charge in [-0.1, -0.05) is 43.3 Å². The summed E-state index contributed by atoms with van der Waals surface area (Å²) >= 11 is 0. The smallest absolute Gasteiger partial charge is 0.260 e. The molecular formula is C19H23NO3. The largest absolute Gasteiger partial charge is 0.497 e. The molecule has 2 aromatic carbocycles. The first kappa shape index (κ1) is 16.9. The molecule has 4 nitrogen and oxygen atoms in total. The molecule has 0 aliphatic rings. The summed E-state index contributed by atoms with van der Waals surface area (Å²) in [5.74, 6) is 1.44. The van der Waals surface area contributed by atoms with E-state index in [4.69, 9.17) is 9.47 Å². The fourth-order valence-electron chi connectivity index (χ4n) is 2.23. The summed E-state index contributed by atoms with van der Waals surface area (Å²) in [6, 6.07) is 17.3. The van der Waals surface area contributed by atoms with Crippen molar-refractivity contribution in [1.29, 1.82) is 0 Å². The van der Waals surface area contributed by atoms with Crippen molar-refractivity contribution < 1.29 is 14.3 Å². The van der Waals surface area contributed by atoms with Crippen LogP contribution in [0.1, 0.15) is 25.3 Å². The number of carbonyl (C=O) groups excluding carboxylic acids is 1. The van der Waals surface area contributed by atoms with Crippen LogP contribution in [-0.2, 0) is 4.79 Å². The van der Waals surface area contributed by atoms with Gasteiger partial charge in [-0.25, -0.2) is 0 Å². The van der Waals surface area contributed by atoms with Crippen LogP contribution in [0, 0.1) is 0 Å². The van der Waals surface area contributed by atoms with Crippen LogP contribution in [-0.4, -0.2) is 25.7 Å². The van der Waals surface area contributed by atoms with E-state index < -0.39 is 6.10 Å². The highest BCUT2D eigenvalue weighted by molar-refractivity contribution is 5.80. The second-order valence-corrected chi connectivity index (χ2v) is 5.50. The molecule has 0 aliphatic carbocycles. The Hall–Kier alpha value is -2.49. The standard InChI is InChI=1S/C19H23NO3/c1-14(16-8-5-4-6-9-16)13-20-19(21)15(2)23-18-11-7-10-17(12-18)22-3/h4-12,14-15H,13H2,1-3H3,(H,20,21)/t14-,15+/m0/s1. The minimum Gasteiger partial charge on any atom is -0.497 e. The predicted octanol–water partition coefficient (Wildman–Crippen LogP) is 3.38. The minimum atomic E-state index is -0.565. The Labute approximate surface area is 137 Å². The molecule has 0 radical (unpaired) electrons. The van der Waals surface area contributed by atoms with Gasteiger partial charge in [0.2, 0.25) is 0 Å². The maximum absolute atomic E-state index is 12.2. The maximum Gasteiger partial charge on any atom is 0.260 e. The summed E-state index contributed by atoms with van der Waals surface area (Å²) in [7, 11) is 1.60. The van der Waals surface area contributed by atoms with E-state index in [9.17, 15) is 4.79 Å². The van der Waals surface area contributed by atoms with E-state index in [1.165, 1.54) is 5.56 Å². The van der Waals surface area contributed by atoms with Crippen LogP contribution in [0.15, 0.2) is 54.6 Å². The Balaban J connectivity index is 1.85. The van der Waals surface area contributed by atoms with Gasteiger partial charge in [-0.3, -0.25) is 4.79 Å². The molecule has 122 valence electrons. The fraction of sp³-hybridized carbons (Fsp3) is 0.316. The number of benzene rings is 2. The average molecular weight is 313 g/mol. The number of nitrogens with one attached hydrogen (secondary N) is 1. The Morgan fingerprint density at radius 1 is 1.04 bits per heavy atom. The lowest BCUT2D eigenvalue weighted by molar-refractivity contribution is -0.127. The van der Waals surface area contributed by atoms with Crippen LogP contribution < -0.4 is 14.8 Å². The molecule has 4 heteroatoms. The van der Waals surface area contributed by atoms with Crippen molar-refractivity contribution in [3.8, 4) is 11.5 Å². The number of hydrogen-bond acceptors (Lipinski definition) is 3. The molecule has 2 rings (SSSR count). The van der Waals surface area contributed by atoms with Crippen molar-refractivity contribution >= 4 is 5.91 Å². The third kappa shape index (κ3) is 5.02. The SMILES string of the molecule is COc1cccc(O[C@H](C)C(=O)NC[C@H](C)c2ccccc2)c1. The Morgan fingerprint density at radius 3 is 2.43 bits per heavy atom. The summed E-state index contributed by atoms with van der Waals surface area (Å²) in [6.07, 6.45) is -0.565. The van der Waals surface area contributed by atoms with Crippen LogP contribution in [0.3, 0.4) is 0 Å². The summed E-state index contributed by atoms with van der Waals surface area (Å²) in [4.78, 5) is 12.2. The summed E-state index contributed by atoms with van der Waals surface area (Å²) in [5, 5.41) is 2.93. The lowest BCUT2D eigenvalue weighted by Crippen LogP contribution is -2.38. The van der Waals surface area contributed by atoms with E-state index in [0.717, 1.165) is 0 Å². The molecular weight excluding hydrogens is 290 g/mol. The van der Waals surface area contributed by atoms with Gasteiger partial charge in [0.15, 0.2) is 6.10 Å². The highest BCUT2D eigenvalue weighted by Crippen LogP contribution is 2.20. The molecule has 0 fully saturated rings. The summed E-state index contributed by atoms with van der Waals surface area (Å²) in [5.41, 5.74) is 1.20. The molecule has 0 spiro atoms. The minimum absolute atomic E-state index is 0.129. The number of hydrogen-bond donors (Lipinski definition) is 1. The molecule has 0 saturated heterocycles. The lowest BCUT2D eigenvalue weighted by atomic mass is 10.0. The Morgan fingerprint density at radius 2 is 1.74 bits per heavy atom. The zero-order valence-corrected chi connectivity index (χ0v) is 13.8. The number of amides is 1. The normalized spacial score (nSPS) is 13.0. The fourth-order valence-corrected chi connectivity index (χ4v) is 2.23. The highest BCUT2D eigenvalue weighted by atomic mass is 16.5. The highest BCUT2D eigenvalue weighted by Gasteiger charge is 2.16. The molecule has 0 aliphatic heterocycles. The number of carbonyl (C=O) groups is 1. The van der Waals surface area contributed by atoms with Gasteiger partial charge >= 0.3 is 0 Å². The molecule has 0 bridgehead atoms. The van der Waals surface area contributed by atoms with Gasteiger partial charge in [0.1, 0.15) is 11.5 Å². The Bertz CT molecular complexity index is 628. The second-order valence-electron chi connectivity index (χ2n) is 5.50. The predicted molar refractivity (Wildman–Crippen MR) is 91.0 cm³/mol. The Kier molecular flexibility index (Phi) is 6.03. The molecule has 1 N–H and O–H groups in total. The van der Waals surface area contributed by atoms with Gasteiger partial charge in [0.25, 0.3) is 5.91 Å². The van der Waals surface area contributed by atoms with Crippen LogP contribution in [0.2, 0.25) is 0 Å². The topological polar surface area (TPSA) is 47.6 Å². The van der Waals surface area contributed by atoms with Crippen LogP contribution in [0.25, 0.3) is 0 Å². The zero-order valence-electron chi connectivity index (χ0n) is 13.8. The average Bonchev–Trinajstić information content (AvgIpc) is 2.60. The molecule has 23 heavy (non-hydrogen) atoms. The third-order valence-corrected chi connectivity index (χ3v) is 3.67. The van der Waals surface area contributed by atoms with Crippen LogP contribution in [0.4, 0.5) is 0 Å². The maximum atomic E-state index is 12.2. The van der Waals surface area contributed by atoms with Crippen LogP contribution >= 0.6 is 0 Å². The monoisotopic (exact) mass is 313 g/mol. The van der Waals surface area contributed by atoms with E-state index in [1.807, 2.05) is 30.3 Å². The first-order valence-corrected chi connectivity index (χ1v) is 7.73. The lowest BCUT2D eigenvalue weighted by Gasteiger charge is -2.17. The van der Waals surface area contributed by atoms with Crippen LogP contribution in [0.5, 0.6) is 11.5 Å². The third-order valence-electron chi connectivity index (χ3n) is 3.67. The van der Waals surface area contributed by atoms with Crippen molar-refractivity contribution in [1.82, 2.24) is 5.32 Å². The first-order chi connectivity index (χ1) is 11.1. The molecule has 2 atom stereocenters. The summed E-state index contributed by atoms with van der Waals surface area (Å²) in [6.45, 7) is 4.40. The molecule has 0 saturated carbocycles. The molecule has 1 amide bonds. The zero-order chi connectivity index (χ0) is 16.7. The van der Waals surface area contributed by atoms with Gasteiger partial charge < -0.3 is 14.8 Å². The van der Waals surface area contributed by atoms with Gasteiger partial charge in [-0.05, 0) is 30.5 Å². The number of ether oxygens (including phenoxy) is 2. The first-order valence-electron chi connectivity index (χ1n) is 7.73. The van der Waals surface area contributed by atoms with Gasteiger partial charge in [-0.2, -0.15) is 0 Å². The van der Waals surface area contributed by atoms with Crippen molar-refractivity contribution in [2.24, 2.45) is 0 Å². The summed E-state index contributed by atoms with van der Waals surface area (Å²) < 4.78 is 10.8. The number of methoxy groups -OCH3 is 1. The van der Waals surface area contributed by atoms with Crippen molar-refractivity contribution in [2.75, 3.05) is 13.7 Å².